The topological polar surface area (TPSA) is 85.0 Å². The van der Waals surface area contributed by atoms with Crippen molar-refractivity contribution in [3.63, 3.8) is 0 Å². The summed E-state index contributed by atoms with van der Waals surface area (Å²) in [7, 11) is 0. The van der Waals surface area contributed by atoms with E-state index in [2.05, 4.69) is 5.16 Å². The Morgan fingerprint density at radius 1 is 1.23 bits per heavy atom. The van der Waals surface area contributed by atoms with Crippen LogP contribution in [0.2, 0.25) is 0 Å². The van der Waals surface area contributed by atoms with Crippen LogP contribution in [0.1, 0.15) is 38.5 Å². The quantitative estimate of drug-likeness (QED) is 0.870. The minimum Gasteiger partial charge on any atom is -0.489 e. The molecule has 2 aromatic rings. The summed E-state index contributed by atoms with van der Waals surface area (Å²) < 4.78 is 17.5. The molecule has 2 aliphatic rings. The van der Waals surface area contributed by atoms with Gasteiger partial charge in [0.05, 0.1) is 12.7 Å². The average molecular weight is 360 g/mol. The molecule has 0 atom stereocenters. The van der Waals surface area contributed by atoms with Crippen LogP contribution in [0.25, 0.3) is 11.0 Å². The van der Waals surface area contributed by atoms with Gasteiger partial charge in [-0.2, -0.15) is 0 Å². The van der Waals surface area contributed by atoms with Crippen molar-refractivity contribution in [1.29, 1.82) is 0 Å². The number of benzene rings is 1. The first kappa shape index (κ1) is 17.0. The van der Waals surface area contributed by atoms with E-state index in [0.717, 1.165) is 36.8 Å². The number of rotatable bonds is 5. The minimum absolute atomic E-state index is 0.253. The fourth-order valence-corrected chi connectivity index (χ4v) is 3.80. The Kier molecular flexibility index (Phi) is 4.86. The summed E-state index contributed by atoms with van der Waals surface area (Å²) in [5.41, 5.74) is 0.663. The monoisotopic (exact) mass is 360 g/mol. The van der Waals surface area contributed by atoms with Crippen LogP contribution in [0.5, 0.6) is 11.6 Å². The highest BCUT2D eigenvalue weighted by Gasteiger charge is 2.25. The normalized spacial score (nSPS) is 19.2. The lowest BCUT2D eigenvalue weighted by Gasteiger charge is -2.29. The number of carboxylic acid groups (broad SMARTS) is 1. The molecule has 1 aromatic carbocycles. The maximum atomic E-state index is 11.0. The number of hydrogen-bond acceptors (Lipinski definition) is 5. The smallest absolute Gasteiger partial charge is 0.407 e. The molecular weight excluding hydrogens is 336 g/mol. The van der Waals surface area contributed by atoms with Gasteiger partial charge in [0.15, 0.2) is 5.58 Å². The van der Waals surface area contributed by atoms with Crippen LogP contribution < -0.4 is 9.47 Å². The van der Waals surface area contributed by atoms with Crippen LogP contribution in [0.4, 0.5) is 4.79 Å². The van der Waals surface area contributed by atoms with Crippen molar-refractivity contribution in [2.75, 3.05) is 19.7 Å². The van der Waals surface area contributed by atoms with Crippen molar-refractivity contribution in [2.45, 2.75) is 44.6 Å². The van der Waals surface area contributed by atoms with Crippen molar-refractivity contribution in [3.05, 3.63) is 18.2 Å². The number of nitrogens with zero attached hydrogens (tertiary/aromatic N) is 2. The molecule has 7 nitrogen and oxygen atoms in total. The predicted octanol–water partition coefficient (Wildman–Crippen LogP) is 3.92. The van der Waals surface area contributed by atoms with Crippen molar-refractivity contribution >= 4 is 17.1 Å². The molecule has 4 rings (SSSR count). The van der Waals surface area contributed by atoms with E-state index in [-0.39, 0.29) is 6.10 Å². The number of hydrogen-bond donors (Lipinski definition) is 1. The number of aromatic nitrogens is 1. The molecule has 1 aliphatic heterocycles. The fourth-order valence-electron chi connectivity index (χ4n) is 3.80. The van der Waals surface area contributed by atoms with E-state index in [1.807, 2.05) is 18.2 Å². The van der Waals surface area contributed by atoms with Crippen LogP contribution >= 0.6 is 0 Å². The summed E-state index contributed by atoms with van der Waals surface area (Å²) in [4.78, 5) is 12.4. The van der Waals surface area contributed by atoms with E-state index < -0.39 is 6.09 Å². The molecule has 1 aromatic heterocycles. The van der Waals surface area contributed by atoms with Gasteiger partial charge in [-0.25, -0.2) is 4.79 Å². The molecule has 1 aliphatic carbocycles. The van der Waals surface area contributed by atoms with Gasteiger partial charge in [0, 0.05) is 13.1 Å². The van der Waals surface area contributed by atoms with Gasteiger partial charge in [0.2, 0.25) is 0 Å². The van der Waals surface area contributed by atoms with E-state index in [1.54, 1.807) is 0 Å². The number of likely N-dealkylation sites (tertiary alicyclic amines) is 1. The molecule has 1 N–H and O–H groups in total. The zero-order chi connectivity index (χ0) is 17.9. The summed E-state index contributed by atoms with van der Waals surface area (Å²) >= 11 is 0. The van der Waals surface area contributed by atoms with Gasteiger partial charge in [-0.1, -0.05) is 6.07 Å². The van der Waals surface area contributed by atoms with E-state index >= 15 is 0 Å². The molecule has 140 valence electrons. The molecule has 1 saturated carbocycles. The van der Waals surface area contributed by atoms with E-state index in [1.165, 1.54) is 17.7 Å². The Hall–Kier alpha value is -2.44. The van der Waals surface area contributed by atoms with Crippen LogP contribution in [0, 0.1) is 5.92 Å². The average Bonchev–Trinajstić information content (AvgIpc) is 3.30. The van der Waals surface area contributed by atoms with Crippen LogP contribution in [0.15, 0.2) is 22.7 Å². The maximum Gasteiger partial charge on any atom is 0.407 e. The molecule has 1 saturated heterocycles. The molecule has 0 unspecified atom stereocenters. The first-order valence-electron chi connectivity index (χ1n) is 9.36. The highest BCUT2D eigenvalue weighted by atomic mass is 16.5. The van der Waals surface area contributed by atoms with Gasteiger partial charge in [-0.05, 0) is 61.7 Å². The Bertz CT molecular complexity index is 760. The largest absolute Gasteiger partial charge is 0.489 e. The first-order chi connectivity index (χ1) is 12.7. The second kappa shape index (κ2) is 7.43. The van der Waals surface area contributed by atoms with Crippen LogP contribution in [0.3, 0.4) is 0 Å². The fraction of sp³-hybridized carbons (Fsp3) is 0.579. The SMILES string of the molecule is O=C(O)N1CCC(COc2noc3cccc(OC4CCCC4)c23)CC1. The molecule has 0 spiro atoms. The highest BCUT2D eigenvalue weighted by Crippen LogP contribution is 2.36. The zero-order valence-corrected chi connectivity index (χ0v) is 14.7. The van der Waals surface area contributed by atoms with Gasteiger partial charge < -0.3 is 24.0 Å². The minimum atomic E-state index is -0.847. The molecule has 7 heteroatoms. The number of ether oxygens (including phenoxy) is 2. The molecule has 2 fully saturated rings. The van der Waals surface area contributed by atoms with Crippen molar-refractivity contribution in [1.82, 2.24) is 10.1 Å². The summed E-state index contributed by atoms with van der Waals surface area (Å²) in [5, 5.41) is 13.9. The number of fused-ring (bicyclic) bond motifs is 1. The van der Waals surface area contributed by atoms with Gasteiger partial charge in [-0.15, -0.1) is 0 Å². The third kappa shape index (κ3) is 3.57. The van der Waals surface area contributed by atoms with Gasteiger partial charge >= 0.3 is 6.09 Å². The van der Waals surface area contributed by atoms with Gasteiger partial charge in [0.1, 0.15) is 11.1 Å². The standard InChI is InChI=1S/C19H24N2O5/c22-19(23)21-10-8-13(9-11-21)12-24-18-17-15(25-14-4-1-2-5-14)6-3-7-16(17)26-20-18/h3,6-7,13-14H,1-2,4-5,8-12H2,(H,22,23). The molecule has 0 radical (unpaired) electrons. The molecule has 0 bridgehead atoms. The lowest BCUT2D eigenvalue weighted by molar-refractivity contribution is 0.110. The van der Waals surface area contributed by atoms with Crippen LogP contribution in [-0.4, -0.2) is 47.1 Å². The van der Waals surface area contributed by atoms with E-state index in [0.29, 0.717) is 37.1 Å². The zero-order valence-electron chi connectivity index (χ0n) is 14.7. The summed E-state index contributed by atoms with van der Waals surface area (Å²) in [6.45, 7) is 1.62. The Morgan fingerprint density at radius 3 is 2.73 bits per heavy atom. The molecule has 1 amide bonds. The summed E-state index contributed by atoms with van der Waals surface area (Å²) in [6, 6.07) is 5.71. The van der Waals surface area contributed by atoms with Crippen LogP contribution in [-0.2, 0) is 0 Å². The number of amides is 1. The maximum absolute atomic E-state index is 11.0. The highest BCUT2D eigenvalue weighted by molar-refractivity contribution is 5.88. The third-order valence-electron chi connectivity index (χ3n) is 5.37. The van der Waals surface area contributed by atoms with Gasteiger partial charge in [0.25, 0.3) is 5.88 Å². The van der Waals surface area contributed by atoms with Crippen molar-refractivity contribution < 1.29 is 23.9 Å². The van der Waals surface area contributed by atoms with E-state index in [4.69, 9.17) is 19.1 Å². The van der Waals surface area contributed by atoms with Crippen molar-refractivity contribution in [3.8, 4) is 11.6 Å². The second-order valence-corrected chi connectivity index (χ2v) is 7.17. The summed E-state index contributed by atoms with van der Waals surface area (Å²) in [6.07, 6.45) is 5.59. The Labute approximate surface area is 151 Å². The molecular formula is C19H24N2O5. The lowest BCUT2D eigenvalue weighted by atomic mass is 9.98. The first-order valence-corrected chi connectivity index (χ1v) is 9.36. The summed E-state index contributed by atoms with van der Waals surface area (Å²) in [5.74, 6) is 1.56. The predicted molar refractivity (Wildman–Crippen MR) is 94.7 cm³/mol. The Balaban J connectivity index is 1.42. The van der Waals surface area contributed by atoms with Crippen molar-refractivity contribution in [2.24, 2.45) is 5.92 Å². The number of piperidine rings is 1. The van der Waals surface area contributed by atoms with Gasteiger partial charge in [-0.3, -0.25) is 0 Å². The molecule has 2 heterocycles. The second-order valence-electron chi connectivity index (χ2n) is 7.17. The third-order valence-corrected chi connectivity index (χ3v) is 5.37. The lowest BCUT2D eigenvalue weighted by Crippen LogP contribution is -2.38. The van der Waals surface area contributed by atoms with E-state index in [9.17, 15) is 4.79 Å². The molecule has 26 heavy (non-hydrogen) atoms. The number of carbonyl (C=O) groups is 1. The Morgan fingerprint density at radius 2 is 2.00 bits per heavy atom.